The fourth-order valence-electron chi connectivity index (χ4n) is 3.99. The largest absolute Gasteiger partial charge is 0.379 e. The van der Waals surface area contributed by atoms with E-state index in [4.69, 9.17) is 4.74 Å². The number of hydrogen-bond acceptors (Lipinski definition) is 5. The lowest BCUT2D eigenvalue weighted by Crippen LogP contribution is -2.47. The summed E-state index contributed by atoms with van der Waals surface area (Å²) in [6, 6.07) is 4.12. The van der Waals surface area contributed by atoms with Crippen LogP contribution in [0.5, 0.6) is 0 Å². The summed E-state index contributed by atoms with van der Waals surface area (Å²) in [5, 5.41) is 2.87. The number of benzene rings is 1. The smallest absolute Gasteiger partial charge is 0.243 e. The Morgan fingerprint density at radius 3 is 2.57 bits per heavy atom. The first kappa shape index (κ1) is 22.7. The van der Waals surface area contributed by atoms with Crippen molar-refractivity contribution in [3.8, 4) is 0 Å². The molecule has 1 fully saturated rings. The molecular formula is C21H31N3O5S. The van der Waals surface area contributed by atoms with Crippen LogP contribution in [0.15, 0.2) is 23.1 Å². The zero-order valence-electron chi connectivity index (χ0n) is 17.9. The van der Waals surface area contributed by atoms with E-state index in [0.29, 0.717) is 50.3 Å². The van der Waals surface area contributed by atoms with Gasteiger partial charge in [0.25, 0.3) is 0 Å². The highest BCUT2D eigenvalue weighted by Crippen LogP contribution is 2.35. The molecule has 3 rings (SSSR count). The van der Waals surface area contributed by atoms with Crippen molar-refractivity contribution in [1.82, 2.24) is 9.62 Å². The summed E-state index contributed by atoms with van der Waals surface area (Å²) in [7, 11) is -3.55. The van der Waals surface area contributed by atoms with Crippen molar-refractivity contribution in [2.45, 2.75) is 63.5 Å². The van der Waals surface area contributed by atoms with Crippen LogP contribution in [0.25, 0.3) is 0 Å². The van der Waals surface area contributed by atoms with Crippen LogP contribution in [-0.4, -0.2) is 62.9 Å². The Morgan fingerprint density at radius 2 is 1.93 bits per heavy atom. The van der Waals surface area contributed by atoms with Gasteiger partial charge >= 0.3 is 0 Å². The minimum atomic E-state index is -3.55. The molecule has 166 valence electrons. The standard InChI is InChI=1S/C21H31N3O5S/c1-15(2)29-12-6-9-22-21(26)20-14-17-13-18(7-8-19(17)24(20)16(3)25)30(27,28)23-10-4-5-11-23/h7-8,13,15,20H,4-6,9-12,14H2,1-3H3,(H,22,26)/t20-/m0/s1. The summed E-state index contributed by atoms with van der Waals surface area (Å²) in [5.41, 5.74) is 1.31. The number of rotatable bonds is 8. The van der Waals surface area contributed by atoms with E-state index in [-0.39, 0.29) is 22.8 Å². The van der Waals surface area contributed by atoms with Crippen LogP contribution in [0.3, 0.4) is 0 Å². The minimum Gasteiger partial charge on any atom is -0.379 e. The fourth-order valence-corrected chi connectivity index (χ4v) is 5.55. The second kappa shape index (κ2) is 9.45. The Hall–Kier alpha value is -1.97. The molecule has 0 unspecified atom stereocenters. The Labute approximate surface area is 178 Å². The molecule has 0 saturated carbocycles. The van der Waals surface area contributed by atoms with Crippen LogP contribution in [0.1, 0.15) is 45.6 Å². The van der Waals surface area contributed by atoms with E-state index < -0.39 is 16.1 Å². The highest BCUT2D eigenvalue weighted by Gasteiger charge is 2.38. The van der Waals surface area contributed by atoms with Gasteiger partial charge in [-0.25, -0.2) is 8.42 Å². The number of carbonyl (C=O) groups is 2. The van der Waals surface area contributed by atoms with Gasteiger partial charge in [-0.2, -0.15) is 4.31 Å². The predicted molar refractivity (Wildman–Crippen MR) is 114 cm³/mol. The van der Waals surface area contributed by atoms with Gasteiger partial charge in [0.2, 0.25) is 21.8 Å². The molecule has 2 amide bonds. The number of nitrogens with zero attached hydrogens (tertiary/aromatic N) is 2. The molecule has 30 heavy (non-hydrogen) atoms. The number of ether oxygens (including phenoxy) is 1. The van der Waals surface area contributed by atoms with E-state index >= 15 is 0 Å². The summed E-state index contributed by atoms with van der Waals surface area (Å²) in [5.74, 6) is -0.484. The summed E-state index contributed by atoms with van der Waals surface area (Å²) in [6.07, 6.45) is 2.86. The van der Waals surface area contributed by atoms with Gasteiger partial charge in [-0.15, -0.1) is 0 Å². The highest BCUT2D eigenvalue weighted by molar-refractivity contribution is 7.89. The van der Waals surface area contributed by atoms with Crippen LogP contribution >= 0.6 is 0 Å². The number of sulfonamides is 1. The molecule has 0 spiro atoms. The van der Waals surface area contributed by atoms with Crippen molar-refractivity contribution in [1.29, 1.82) is 0 Å². The Balaban J connectivity index is 1.72. The van der Waals surface area contributed by atoms with Crippen molar-refractivity contribution < 1.29 is 22.7 Å². The van der Waals surface area contributed by atoms with E-state index in [9.17, 15) is 18.0 Å². The monoisotopic (exact) mass is 437 g/mol. The van der Waals surface area contributed by atoms with Crippen molar-refractivity contribution in [2.75, 3.05) is 31.1 Å². The zero-order valence-corrected chi connectivity index (χ0v) is 18.7. The first-order valence-corrected chi connectivity index (χ1v) is 12.0. The summed E-state index contributed by atoms with van der Waals surface area (Å²) in [6.45, 7) is 7.40. The Bertz CT molecular complexity index is 894. The number of carbonyl (C=O) groups excluding carboxylic acids is 2. The minimum absolute atomic E-state index is 0.143. The van der Waals surface area contributed by atoms with E-state index in [1.165, 1.54) is 22.2 Å². The summed E-state index contributed by atoms with van der Waals surface area (Å²) in [4.78, 5) is 26.7. The van der Waals surface area contributed by atoms with Gasteiger partial charge in [-0.05, 0) is 56.9 Å². The van der Waals surface area contributed by atoms with Crippen molar-refractivity contribution in [3.05, 3.63) is 23.8 Å². The van der Waals surface area contributed by atoms with Crippen molar-refractivity contribution >= 4 is 27.5 Å². The molecule has 1 saturated heterocycles. The van der Waals surface area contributed by atoms with E-state index in [1.54, 1.807) is 12.1 Å². The number of anilines is 1. The van der Waals surface area contributed by atoms with Gasteiger partial charge in [-0.1, -0.05) is 0 Å². The Morgan fingerprint density at radius 1 is 1.23 bits per heavy atom. The molecule has 0 bridgehead atoms. The molecule has 2 aliphatic heterocycles. The lowest BCUT2D eigenvalue weighted by Gasteiger charge is -2.23. The van der Waals surface area contributed by atoms with Gasteiger partial charge in [0.15, 0.2) is 0 Å². The van der Waals surface area contributed by atoms with E-state index in [2.05, 4.69) is 5.32 Å². The van der Waals surface area contributed by atoms with Crippen LogP contribution < -0.4 is 10.2 Å². The highest BCUT2D eigenvalue weighted by atomic mass is 32.2. The van der Waals surface area contributed by atoms with Crippen molar-refractivity contribution in [3.63, 3.8) is 0 Å². The molecule has 0 radical (unpaired) electrons. The topological polar surface area (TPSA) is 96.0 Å². The SMILES string of the molecule is CC(=O)N1c2ccc(S(=O)(=O)N3CCCC3)cc2C[C@H]1C(=O)NCCCOC(C)C. The quantitative estimate of drug-likeness (QED) is 0.624. The fraction of sp³-hybridized carbons (Fsp3) is 0.619. The van der Waals surface area contributed by atoms with Crippen LogP contribution in [0.2, 0.25) is 0 Å². The van der Waals surface area contributed by atoms with Gasteiger partial charge in [0, 0.05) is 45.3 Å². The maximum atomic E-state index is 12.9. The molecule has 9 heteroatoms. The molecule has 1 aromatic carbocycles. The lowest BCUT2D eigenvalue weighted by atomic mass is 10.1. The molecule has 1 N–H and O–H groups in total. The molecule has 8 nitrogen and oxygen atoms in total. The molecule has 1 atom stereocenters. The summed E-state index contributed by atoms with van der Waals surface area (Å²) >= 11 is 0. The number of hydrogen-bond donors (Lipinski definition) is 1. The van der Waals surface area contributed by atoms with E-state index in [1.807, 2.05) is 13.8 Å². The van der Waals surface area contributed by atoms with Gasteiger partial charge < -0.3 is 10.1 Å². The molecule has 0 aromatic heterocycles. The number of fused-ring (bicyclic) bond motifs is 1. The molecule has 1 aromatic rings. The normalized spacial score (nSPS) is 19.3. The molecular weight excluding hydrogens is 406 g/mol. The van der Waals surface area contributed by atoms with Crippen LogP contribution in [-0.2, 0) is 30.8 Å². The number of nitrogens with one attached hydrogen (secondary N) is 1. The number of amides is 2. The Kier molecular flexibility index (Phi) is 7.15. The second-order valence-corrected chi connectivity index (χ2v) is 10.0. The lowest BCUT2D eigenvalue weighted by molar-refractivity contribution is -0.125. The van der Waals surface area contributed by atoms with Gasteiger partial charge in [-0.3, -0.25) is 14.5 Å². The molecule has 0 aliphatic carbocycles. The van der Waals surface area contributed by atoms with Gasteiger partial charge in [0.1, 0.15) is 6.04 Å². The summed E-state index contributed by atoms with van der Waals surface area (Å²) < 4.78 is 32.7. The first-order valence-electron chi connectivity index (χ1n) is 10.5. The third kappa shape index (κ3) is 4.84. The average molecular weight is 438 g/mol. The second-order valence-electron chi connectivity index (χ2n) is 8.07. The zero-order chi connectivity index (χ0) is 21.9. The van der Waals surface area contributed by atoms with Crippen LogP contribution in [0.4, 0.5) is 5.69 Å². The average Bonchev–Trinajstić information content (AvgIpc) is 3.34. The van der Waals surface area contributed by atoms with Crippen molar-refractivity contribution in [2.24, 2.45) is 0 Å². The molecule has 2 heterocycles. The third-order valence-electron chi connectivity index (χ3n) is 5.45. The maximum Gasteiger partial charge on any atom is 0.243 e. The van der Waals surface area contributed by atoms with Crippen LogP contribution in [0, 0.1) is 0 Å². The third-order valence-corrected chi connectivity index (χ3v) is 7.35. The first-order chi connectivity index (χ1) is 14.2. The molecule has 2 aliphatic rings. The maximum absolute atomic E-state index is 12.9. The van der Waals surface area contributed by atoms with Gasteiger partial charge in [0.05, 0.1) is 11.0 Å². The van der Waals surface area contributed by atoms with E-state index in [0.717, 1.165) is 12.8 Å². The predicted octanol–water partition coefficient (Wildman–Crippen LogP) is 1.68.